The first-order valence-corrected chi connectivity index (χ1v) is 11.2. The predicted molar refractivity (Wildman–Crippen MR) is 121 cm³/mol. The molecular weight excluding hydrogens is 481 g/mol. The number of halogens is 3. The van der Waals surface area contributed by atoms with E-state index in [0.717, 1.165) is 40.9 Å². The van der Waals surface area contributed by atoms with E-state index in [0.29, 0.717) is 14.3 Å². The second-order valence-corrected chi connectivity index (χ2v) is 9.09. The van der Waals surface area contributed by atoms with Crippen molar-refractivity contribution in [3.63, 3.8) is 0 Å². The van der Waals surface area contributed by atoms with Crippen LogP contribution < -0.4 is 10.9 Å². The third-order valence-corrected chi connectivity index (χ3v) is 6.48. The number of para-hydroxylation sites is 1. The lowest BCUT2D eigenvalue weighted by molar-refractivity contribution is -0.137. The molecule has 2 N–H and O–H groups in total. The Hall–Kier alpha value is -2.96. The molecule has 0 aliphatic rings. The molecule has 6 nitrogen and oxygen atoms in total. The van der Waals surface area contributed by atoms with Crippen molar-refractivity contribution in [2.24, 2.45) is 0 Å². The quantitative estimate of drug-likeness (QED) is 0.225. The molecule has 0 bridgehead atoms. The molecule has 0 fully saturated rings. The zero-order valence-corrected chi connectivity index (χ0v) is 18.4. The van der Waals surface area contributed by atoms with Gasteiger partial charge in [-0.15, -0.1) is 0 Å². The minimum atomic E-state index is -4.51. The normalized spacial score (nSPS) is 11.6. The number of carbonyl (C=O) groups is 1. The van der Waals surface area contributed by atoms with Crippen LogP contribution in [-0.2, 0) is 11.0 Å². The fourth-order valence-electron chi connectivity index (χ4n) is 2.87. The number of nitrogens with one attached hydrogen (secondary N) is 2. The van der Waals surface area contributed by atoms with Crippen molar-refractivity contribution in [2.45, 2.75) is 11.3 Å². The molecule has 32 heavy (non-hydrogen) atoms. The van der Waals surface area contributed by atoms with Gasteiger partial charge in [0.25, 0.3) is 5.56 Å². The van der Waals surface area contributed by atoms with Gasteiger partial charge in [0.2, 0.25) is 5.91 Å². The van der Waals surface area contributed by atoms with Crippen LogP contribution in [0, 0.1) is 3.95 Å². The lowest BCUT2D eigenvalue weighted by Crippen LogP contribution is -2.16. The molecule has 0 radical (unpaired) electrons. The second kappa shape index (κ2) is 8.88. The molecule has 2 aromatic carbocycles. The number of hydrogen-bond donors (Lipinski definition) is 2. The summed E-state index contributed by atoms with van der Waals surface area (Å²) < 4.78 is 41.0. The first kappa shape index (κ1) is 22.2. The summed E-state index contributed by atoms with van der Waals surface area (Å²) in [4.78, 5) is 31.8. The number of H-pyrrole nitrogens is 1. The number of fused-ring (bicyclic) bond motifs is 1. The molecule has 164 valence electrons. The highest BCUT2D eigenvalue weighted by Gasteiger charge is 2.30. The molecular formula is C20H13F3N4O2S3. The van der Waals surface area contributed by atoms with Crippen LogP contribution in [0.4, 0.5) is 18.9 Å². The largest absolute Gasteiger partial charge is 0.416 e. The van der Waals surface area contributed by atoms with Crippen LogP contribution >= 0.6 is 35.3 Å². The van der Waals surface area contributed by atoms with E-state index in [1.807, 2.05) is 30.3 Å². The first-order chi connectivity index (χ1) is 15.2. The van der Waals surface area contributed by atoms with Gasteiger partial charge in [-0.2, -0.15) is 13.2 Å². The maximum atomic E-state index is 12.8. The van der Waals surface area contributed by atoms with Gasteiger partial charge in [0.1, 0.15) is 4.70 Å². The highest BCUT2D eigenvalue weighted by Crippen LogP contribution is 2.31. The van der Waals surface area contributed by atoms with E-state index in [-0.39, 0.29) is 22.2 Å². The Morgan fingerprint density at radius 2 is 1.94 bits per heavy atom. The van der Waals surface area contributed by atoms with Crippen LogP contribution in [0.15, 0.2) is 64.5 Å². The Morgan fingerprint density at radius 1 is 1.19 bits per heavy atom. The zero-order chi connectivity index (χ0) is 22.9. The number of aromatic amines is 1. The van der Waals surface area contributed by atoms with E-state index in [1.165, 1.54) is 12.1 Å². The number of carbonyl (C=O) groups excluding carboxylic acids is 1. The highest BCUT2D eigenvalue weighted by atomic mass is 32.2. The van der Waals surface area contributed by atoms with Gasteiger partial charge in [-0.25, -0.2) is 4.98 Å². The third-order valence-electron chi connectivity index (χ3n) is 4.25. The van der Waals surface area contributed by atoms with Crippen LogP contribution in [0.3, 0.4) is 0 Å². The monoisotopic (exact) mass is 494 g/mol. The van der Waals surface area contributed by atoms with Gasteiger partial charge >= 0.3 is 6.18 Å². The molecule has 0 saturated heterocycles. The second-order valence-electron chi connectivity index (χ2n) is 6.48. The van der Waals surface area contributed by atoms with Crippen molar-refractivity contribution >= 4 is 57.3 Å². The molecule has 0 aliphatic heterocycles. The Balaban J connectivity index is 1.55. The number of nitrogens with zero attached hydrogens (tertiary/aromatic N) is 2. The predicted octanol–water partition coefficient (Wildman–Crippen LogP) is 5.25. The number of thiazole rings is 1. The highest BCUT2D eigenvalue weighted by molar-refractivity contribution is 7.99. The van der Waals surface area contributed by atoms with E-state index in [9.17, 15) is 22.8 Å². The molecule has 0 atom stereocenters. The summed E-state index contributed by atoms with van der Waals surface area (Å²) >= 11 is 7.48. The average Bonchev–Trinajstić information content (AvgIpc) is 3.09. The lowest BCUT2D eigenvalue weighted by atomic mass is 10.2. The van der Waals surface area contributed by atoms with E-state index < -0.39 is 17.6 Å². The van der Waals surface area contributed by atoms with Crippen molar-refractivity contribution in [1.29, 1.82) is 0 Å². The van der Waals surface area contributed by atoms with Crippen molar-refractivity contribution in [1.82, 2.24) is 14.5 Å². The van der Waals surface area contributed by atoms with E-state index in [1.54, 1.807) is 4.57 Å². The van der Waals surface area contributed by atoms with Crippen LogP contribution in [0.5, 0.6) is 0 Å². The van der Waals surface area contributed by atoms with Gasteiger partial charge in [-0.1, -0.05) is 47.4 Å². The summed E-state index contributed by atoms with van der Waals surface area (Å²) in [6, 6.07) is 13.5. The van der Waals surface area contributed by atoms with E-state index >= 15 is 0 Å². The minimum Gasteiger partial charge on any atom is -0.325 e. The van der Waals surface area contributed by atoms with Crippen molar-refractivity contribution in [3.05, 3.63) is 74.5 Å². The SMILES string of the molecule is O=C(CSc1nc2c(sc(=S)n2-c2ccccc2)c(=O)[nH]1)Nc1cccc(C(F)(F)F)c1. The summed E-state index contributed by atoms with van der Waals surface area (Å²) in [6.45, 7) is 0. The van der Waals surface area contributed by atoms with Crippen LogP contribution in [-0.4, -0.2) is 26.2 Å². The van der Waals surface area contributed by atoms with Crippen molar-refractivity contribution in [2.75, 3.05) is 11.1 Å². The summed E-state index contributed by atoms with van der Waals surface area (Å²) in [6.07, 6.45) is -4.51. The Labute approximate surface area is 192 Å². The van der Waals surface area contributed by atoms with Crippen LogP contribution in [0.25, 0.3) is 16.0 Å². The van der Waals surface area contributed by atoms with Crippen molar-refractivity contribution in [3.8, 4) is 5.69 Å². The van der Waals surface area contributed by atoms with Gasteiger partial charge in [-0.3, -0.25) is 14.2 Å². The number of alkyl halides is 3. The van der Waals surface area contributed by atoms with Crippen molar-refractivity contribution < 1.29 is 18.0 Å². The number of aromatic nitrogens is 3. The lowest BCUT2D eigenvalue weighted by Gasteiger charge is -2.09. The number of thioether (sulfide) groups is 1. The Bertz CT molecular complexity index is 1410. The number of amides is 1. The van der Waals surface area contributed by atoms with Gasteiger partial charge in [-0.05, 0) is 42.5 Å². The zero-order valence-electron chi connectivity index (χ0n) is 16.0. The van der Waals surface area contributed by atoms with E-state index in [2.05, 4.69) is 15.3 Å². The fourth-order valence-corrected chi connectivity index (χ4v) is 4.80. The Kier molecular flexibility index (Phi) is 6.17. The van der Waals surface area contributed by atoms with Gasteiger partial charge < -0.3 is 10.3 Å². The number of anilines is 1. The van der Waals surface area contributed by atoms with Gasteiger partial charge in [0.15, 0.2) is 14.8 Å². The molecule has 2 heterocycles. The van der Waals surface area contributed by atoms with Crippen LogP contribution in [0.1, 0.15) is 5.56 Å². The maximum Gasteiger partial charge on any atom is 0.416 e. The summed E-state index contributed by atoms with van der Waals surface area (Å²) in [7, 11) is 0. The molecule has 1 amide bonds. The van der Waals surface area contributed by atoms with Gasteiger partial charge in [0, 0.05) is 11.4 Å². The topological polar surface area (TPSA) is 79.8 Å². The standard InChI is InChI=1S/C20H13F3N4O2S3/c21-20(22,23)11-5-4-6-12(9-11)24-14(28)10-31-18-25-16-15(17(29)26-18)32-19(30)27(16)13-7-2-1-3-8-13/h1-9H,10H2,(H,24,28)(H,25,26,29). The minimum absolute atomic E-state index is 0.0258. The molecule has 2 aromatic heterocycles. The number of benzene rings is 2. The first-order valence-electron chi connectivity index (χ1n) is 9.03. The van der Waals surface area contributed by atoms with Crippen LogP contribution in [0.2, 0.25) is 0 Å². The third kappa shape index (κ3) is 4.76. The summed E-state index contributed by atoms with van der Waals surface area (Å²) in [5.41, 5.74) is -0.0997. The average molecular weight is 495 g/mol. The maximum absolute atomic E-state index is 12.8. The molecule has 0 saturated carbocycles. The Morgan fingerprint density at radius 3 is 2.66 bits per heavy atom. The van der Waals surface area contributed by atoms with E-state index in [4.69, 9.17) is 12.2 Å². The molecule has 0 aliphatic carbocycles. The van der Waals surface area contributed by atoms with Gasteiger partial charge in [0.05, 0.1) is 11.3 Å². The molecule has 4 rings (SSSR count). The summed E-state index contributed by atoms with van der Waals surface area (Å²) in [5.74, 6) is -0.705. The molecule has 0 unspecified atom stereocenters. The molecule has 0 spiro atoms. The molecule has 4 aromatic rings. The number of rotatable bonds is 5. The molecule has 12 heteroatoms. The smallest absolute Gasteiger partial charge is 0.325 e. The summed E-state index contributed by atoms with van der Waals surface area (Å²) in [5, 5.41) is 2.61. The number of hydrogen-bond acceptors (Lipinski definition) is 6. The fraction of sp³-hybridized carbons (Fsp3) is 0.100.